The Kier molecular flexibility index (Phi) is 2.79. The van der Waals surface area contributed by atoms with E-state index in [1.165, 1.54) is 0 Å². The van der Waals surface area contributed by atoms with Crippen molar-refractivity contribution in [1.29, 1.82) is 0 Å². The Hall–Kier alpha value is -1.61. The maximum absolute atomic E-state index is 12.1. The quantitative estimate of drug-likeness (QED) is 0.749. The third-order valence-electron chi connectivity index (χ3n) is 2.48. The molecule has 4 heteroatoms. The van der Waals surface area contributed by atoms with Gasteiger partial charge in [0.1, 0.15) is 0 Å². The first-order valence-electron chi connectivity index (χ1n) is 4.88. The van der Waals surface area contributed by atoms with Gasteiger partial charge in [-0.1, -0.05) is 23.7 Å². The third-order valence-corrected chi connectivity index (χ3v) is 2.89. The minimum atomic E-state index is -0.0481. The van der Waals surface area contributed by atoms with Crippen LogP contribution in [-0.2, 0) is 7.05 Å². The second-order valence-electron chi connectivity index (χ2n) is 3.64. The summed E-state index contributed by atoms with van der Waals surface area (Å²) in [6, 6.07) is 5.33. The van der Waals surface area contributed by atoms with Crippen LogP contribution in [0.2, 0.25) is 5.02 Å². The van der Waals surface area contributed by atoms with Crippen LogP contribution >= 0.6 is 11.6 Å². The molecule has 16 heavy (non-hydrogen) atoms. The topological polar surface area (TPSA) is 34.9 Å². The fourth-order valence-corrected chi connectivity index (χ4v) is 1.72. The summed E-state index contributed by atoms with van der Waals surface area (Å²) in [4.78, 5) is 12.1. The van der Waals surface area contributed by atoms with Crippen molar-refractivity contribution < 1.29 is 4.79 Å². The highest BCUT2D eigenvalue weighted by atomic mass is 35.5. The van der Waals surface area contributed by atoms with Gasteiger partial charge >= 0.3 is 0 Å². The lowest BCUT2D eigenvalue weighted by molar-refractivity contribution is 0.103. The molecule has 2 rings (SSSR count). The van der Waals surface area contributed by atoms with E-state index in [1.807, 2.05) is 6.92 Å². The molecule has 0 aliphatic carbocycles. The lowest BCUT2D eigenvalue weighted by Crippen LogP contribution is -2.02. The Morgan fingerprint density at radius 1 is 1.44 bits per heavy atom. The SMILES string of the molecule is Cc1c(Cl)cccc1C(=O)c1cnn(C)c1. The van der Waals surface area contributed by atoms with Crippen molar-refractivity contribution in [2.75, 3.05) is 0 Å². The summed E-state index contributed by atoms with van der Waals surface area (Å²) >= 11 is 5.98. The Labute approximate surface area is 98.7 Å². The van der Waals surface area contributed by atoms with Crippen molar-refractivity contribution in [2.24, 2.45) is 7.05 Å². The lowest BCUT2D eigenvalue weighted by Gasteiger charge is -2.04. The molecule has 0 spiro atoms. The minimum absolute atomic E-state index is 0.0481. The van der Waals surface area contributed by atoms with E-state index in [-0.39, 0.29) is 5.78 Å². The summed E-state index contributed by atoms with van der Waals surface area (Å²) in [5.41, 5.74) is 2.01. The van der Waals surface area contributed by atoms with Crippen molar-refractivity contribution in [3.8, 4) is 0 Å². The average molecular weight is 235 g/mol. The van der Waals surface area contributed by atoms with Crippen LogP contribution in [0, 0.1) is 6.92 Å². The van der Waals surface area contributed by atoms with E-state index in [0.717, 1.165) is 5.56 Å². The van der Waals surface area contributed by atoms with Crippen LogP contribution in [0.1, 0.15) is 21.5 Å². The molecule has 0 amide bonds. The number of halogens is 1. The number of aromatic nitrogens is 2. The smallest absolute Gasteiger partial charge is 0.196 e. The number of benzene rings is 1. The second kappa shape index (κ2) is 4.10. The van der Waals surface area contributed by atoms with Gasteiger partial charge in [-0.25, -0.2) is 0 Å². The Bertz CT molecular complexity index is 546. The van der Waals surface area contributed by atoms with Gasteiger partial charge in [0.15, 0.2) is 5.78 Å². The van der Waals surface area contributed by atoms with Gasteiger partial charge in [-0.15, -0.1) is 0 Å². The maximum Gasteiger partial charge on any atom is 0.196 e. The summed E-state index contributed by atoms with van der Waals surface area (Å²) in [6.45, 7) is 1.84. The molecule has 0 fully saturated rings. The highest BCUT2D eigenvalue weighted by Gasteiger charge is 2.14. The molecule has 0 saturated heterocycles. The van der Waals surface area contributed by atoms with E-state index >= 15 is 0 Å². The van der Waals surface area contributed by atoms with Crippen LogP contribution in [0.5, 0.6) is 0 Å². The van der Waals surface area contributed by atoms with Crippen molar-refractivity contribution in [3.05, 3.63) is 52.3 Å². The molecule has 2 aromatic rings. The predicted molar refractivity (Wildman–Crippen MR) is 62.8 cm³/mol. The fourth-order valence-electron chi connectivity index (χ4n) is 1.55. The van der Waals surface area contributed by atoms with Gasteiger partial charge in [0.2, 0.25) is 0 Å². The van der Waals surface area contributed by atoms with Crippen LogP contribution in [0.25, 0.3) is 0 Å². The average Bonchev–Trinajstić information content (AvgIpc) is 2.68. The molecule has 0 N–H and O–H groups in total. The molecular weight excluding hydrogens is 224 g/mol. The third kappa shape index (κ3) is 1.86. The zero-order chi connectivity index (χ0) is 11.7. The molecule has 0 radical (unpaired) electrons. The number of hydrogen-bond acceptors (Lipinski definition) is 2. The van der Waals surface area contributed by atoms with Crippen LogP contribution in [-0.4, -0.2) is 15.6 Å². The molecule has 0 bridgehead atoms. The van der Waals surface area contributed by atoms with Crippen LogP contribution < -0.4 is 0 Å². The van der Waals surface area contributed by atoms with Gasteiger partial charge in [0.05, 0.1) is 11.8 Å². The second-order valence-corrected chi connectivity index (χ2v) is 4.05. The lowest BCUT2D eigenvalue weighted by atomic mass is 10.0. The molecule has 0 aliphatic heterocycles. The Morgan fingerprint density at radius 3 is 2.81 bits per heavy atom. The first-order valence-corrected chi connectivity index (χ1v) is 5.26. The van der Waals surface area contributed by atoms with Gasteiger partial charge in [-0.2, -0.15) is 5.10 Å². The highest BCUT2D eigenvalue weighted by molar-refractivity contribution is 6.32. The van der Waals surface area contributed by atoms with E-state index in [4.69, 9.17) is 11.6 Å². The summed E-state index contributed by atoms with van der Waals surface area (Å²) < 4.78 is 1.60. The number of aryl methyl sites for hydroxylation is 1. The molecule has 0 aliphatic rings. The normalized spacial score (nSPS) is 10.4. The van der Waals surface area contributed by atoms with Crippen LogP contribution in [0.3, 0.4) is 0 Å². The fraction of sp³-hybridized carbons (Fsp3) is 0.167. The van der Waals surface area contributed by atoms with Gasteiger partial charge in [-0.05, 0) is 18.6 Å². The summed E-state index contributed by atoms with van der Waals surface area (Å²) in [7, 11) is 1.78. The van der Waals surface area contributed by atoms with Crippen molar-refractivity contribution in [1.82, 2.24) is 9.78 Å². The number of ketones is 1. The van der Waals surface area contributed by atoms with E-state index in [0.29, 0.717) is 16.1 Å². The number of nitrogens with zero attached hydrogens (tertiary/aromatic N) is 2. The molecule has 1 aromatic heterocycles. The number of carbonyl (C=O) groups excluding carboxylic acids is 1. The van der Waals surface area contributed by atoms with Gasteiger partial charge in [0, 0.05) is 23.8 Å². The standard InChI is InChI=1S/C12H11ClN2O/c1-8-10(4-3-5-11(8)13)12(16)9-6-14-15(2)7-9/h3-7H,1-2H3. The summed E-state index contributed by atoms with van der Waals surface area (Å²) in [5.74, 6) is -0.0481. The first-order chi connectivity index (χ1) is 7.59. The highest BCUT2D eigenvalue weighted by Crippen LogP contribution is 2.21. The van der Waals surface area contributed by atoms with Gasteiger partial charge in [0.25, 0.3) is 0 Å². The minimum Gasteiger partial charge on any atom is -0.288 e. The molecule has 3 nitrogen and oxygen atoms in total. The zero-order valence-electron chi connectivity index (χ0n) is 9.07. The number of carbonyl (C=O) groups is 1. The van der Waals surface area contributed by atoms with Crippen LogP contribution in [0.4, 0.5) is 0 Å². The molecule has 82 valence electrons. The van der Waals surface area contributed by atoms with Crippen molar-refractivity contribution >= 4 is 17.4 Å². The van der Waals surface area contributed by atoms with E-state index in [1.54, 1.807) is 42.3 Å². The Balaban J connectivity index is 2.45. The molecule has 1 heterocycles. The zero-order valence-corrected chi connectivity index (χ0v) is 9.82. The summed E-state index contributed by atoms with van der Waals surface area (Å²) in [5, 5.41) is 4.58. The number of rotatable bonds is 2. The van der Waals surface area contributed by atoms with Crippen molar-refractivity contribution in [2.45, 2.75) is 6.92 Å². The van der Waals surface area contributed by atoms with Gasteiger partial charge < -0.3 is 0 Å². The monoisotopic (exact) mass is 234 g/mol. The summed E-state index contributed by atoms with van der Waals surface area (Å²) in [6.07, 6.45) is 3.26. The number of hydrogen-bond donors (Lipinski definition) is 0. The Morgan fingerprint density at radius 2 is 2.19 bits per heavy atom. The molecule has 0 atom stereocenters. The molecule has 0 unspecified atom stereocenters. The van der Waals surface area contributed by atoms with Gasteiger partial charge in [-0.3, -0.25) is 9.48 Å². The van der Waals surface area contributed by atoms with E-state index in [2.05, 4.69) is 5.10 Å². The molecular formula is C12H11ClN2O. The van der Waals surface area contributed by atoms with Crippen molar-refractivity contribution in [3.63, 3.8) is 0 Å². The van der Waals surface area contributed by atoms with E-state index in [9.17, 15) is 4.79 Å². The van der Waals surface area contributed by atoms with Crippen LogP contribution in [0.15, 0.2) is 30.6 Å². The largest absolute Gasteiger partial charge is 0.288 e. The first kappa shape index (κ1) is 10.9. The predicted octanol–water partition coefficient (Wildman–Crippen LogP) is 2.61. The maximum atomic E-state index is 12.1. The van der Waals surface area contributed by atoms with E-state index < -0.39 is 0 Å². The molecule has 1 aromatic carbocycles. The molecule has 0 saturated carbocycles.